The zero-order valence-corrected chi connectivity index (χ0v) is 14.4. The summed E-state index contributed by atoms with van der Waals surface area (Å²) in [6.07, 6.45) is 0.685. The van der Waals surface area contributed by atoms with Gasteiger partial charge in [0.1, 0.15) is 5.52 Å². The van der Waals surface area contributed by atoms with Crippen molar-refractivity contribution in [2.45, 2.75) is 18.8 Å². The fraction of sp³-hybridized carbons (Fsp3) is 0.250. The van der Waals surface area contributed by atoms with Crippen LogP contribution in [0, 0.1) is 0 Å². The van der Waals surface area contributed by atoms with Gasteiger partial charge in [0.2, 0.25) is 11.8 Å². The van der Waals surface area contributed by atoms with Gasteiger partial charge in [0.15, 0.2) is 11.5 Å². The molecule has 2 amide bonds. The van der Waals surface area contributed by atoms with E-state index in [1.165, 1.54) is 0 Å². The second-order valence-electron chi connectivity index (χ2n) is 6.38. The molecule has 4 rings (SSSR count). The van der Waals surface area contributed by atoms with Crippen LogP contribution in [0.15, 0.2) is 52.9 Å². The summed E-state index contributed by atoms with van der Waals surface area (Å²) in [6.45, 7) is 0.411. The van der Waals surface area contributed by atoms with Crippen molar-refractivity contribution < 1.29 is 14.0 Å². The molecule has 26 heavy (non-hydrogen) atoms. The average Bonchev–Trinajstić information content (AvgIpc) is 3.07. The first-order chi connectivity index (χ1) is 12.6. The number of rotatable bonds is 4. The normalized spacial score (nSPS) is 16.6. The third-order valence-corrected chi connectivity index (χ3v) is 4.72. The summed E-state index contributed by atoms with van der Waals surface area (Å²) in [4.78, 5) is 30.8. The first kappa shape index (κ1) is 16.3. The highest BCUT2D eigenvalue weighted by molar-refractivity contribution is 6.02. The molecule has 0 saturated carbocycles. The van der Waals surface area contributed by atoms with Gasteiger partial charge in [-0.05, 0) is 23.8 Å². The Morgan fingerprint density at radius 1 is 1.23 bits per heavy atom. The number of carbonyl (C=O) groups is 2. The lowest BCUT2D eigenvalue weighted by Gasteiger charge is -2.30. The molecule has 0 saturated heterocycles. The highest BCUT2D eigenvalue weighted by Crippen LogP contribution is 2.35. The van der Waals surface area contributed by atoms with Crippen molar-refractivity contribution in [1.82, 2.24) is 10.3 Å². The predicted molar refractivity (Wildman–Crippen MR) is 97.9 cm³/mol. The molecule has 0 aliphatic carbocycles. The number of carbonyl (C=O) groups excluding carboxylic acids is 2. The maximum Gasteiger partial charge on any atom is 0.228 e. The molecule has 6 nitrogen and oxygen atoms in total. The molecule has 3 aromatic rings. The summed E-state index contributed by atoms with van der Waals surface area (Å²) in [6, 6.07) is 15.1. The van der Waals surface area contributed by atoms with Crippen LogP contribution >= 0.6 is 0 Å². The van der Waals surface area contributed by atoms with Crippen molar-refractivity contribution in [1.29, 1.82) is 0 Å². The summed E-state index contributed by atoms with van der Waals surface area (Å²) in [5.74, 6) is -0.0669. The Bertz CT molecular complexity index is 946. The smallest absolute Gasteiger partial charge is 0.228 e. The number of amides is 2. The van der Waals surface area contributed by atoms with Gasteiger partial charge in [-0.15, -0.1) is 0 Å². The van der Waals surface area contributed by atoms with E-state index in [1.807, 2.05) is 48.5 Å². The van der Waals surface area contributed by atoms with Crippen molar-refractivity contribution in [3.63, 3.8) is 0 Å². The molecule has 6 heteroatoms. The maximum absolute atomic E-state index is 12.6. The molecule has 0 fully saturated rings. The van der Waals surface area contributed by atoms with E-state index in [2.05, 4.69) is 10.3 Å². The third kappa shape index (κ3) is 2.94. The highest BCUT2D eigenvalue weighted by atomic mass is 16.3. The van der Waals surface area contributed by atoms with Crippen LogP contribution in [0.2, 0.25) is 0 Å². The van der Waals surface area contributed by atoms with E-state index < -0.39 is 5.92 Å². The average molecular weight is 349 g/mol. The minimum Gasteiger partial charge on any atom is -0.441 e. The fourth-order valence-corrected chi connectivity index (χ4v) is 3.32. The Hall–Kier alpha value is -3.15. The Balaban J connectivity index is 1.43. The molecule has 1 N–H and O–H groups in total. The Morgan fingerprint density at radius 2 is 2.00 bits per heavy atom. The van der Waals surface area contributed by atoms with E-state index in [9.17, 15) is 9.59 Å². The fourth-order valence-electron chi connectivity index (χ4n) is 3.32. The monoisotopic (exact) mass is 349 g/mol. The topological polar surface area (TPSA) is 75.4 Å². The molecular weight excluding hydrogens is 330 g/mol. The van der Waals surface area contributed by atoms with Gasteiger partial charge >= 0.3 is 0 Å². The first-order valence-corrected chi connectivity index (χ1v) is 8.61. The van der Waals surface area contributed by atoms with Gasteiger partial charge in [0.25, 0.3) is 0 Å². The highest BCUT2D eigenvalue weighted by Gasteiger charge is 2.33. The lowest BCUT2D eigenvalue weighted by molar-refractivity contribution is -0.127. The number of hydrogen-bond donors (Lipinski definition) is 1. The Labute approximate surface area is 150 Å². The number of para-hydroxylation sites is 3. The molecule has 0 spiro atoms. The van der Waals surface area contributed by atoms with Crippen LogP contribution in [0.1, 0.15) is 23.8 Å². The largest absolute Gasteiger partial charge is 0.441 e. The molecule has 0 unspecified atom stereocenters. The number of hydrogen-bond acceptors (Lipinski definition) is 4. The Kier molecular flexibility index (Phi) is 4.16. The molecule has 1 aromatic heterocycles. The van der Waals surface area contributed by atoms with Gasteiger partial charge in [-0.25, -0.2) is 4.98 Å². The van der Waals surface area contributed by atoms with Crippen LogP contribution in [0.4, 0.5) is 5.69 Å². The standard InChI is InChI=1S/C20H19N3O3/c1-23-16-8-4-2-6-13(16)14(12-19(23)24)20(25)21-11-10-18-22-15-7-3-5-9-17(15)26-18/h2-9,14H,10-12H2,1H3,(H,21,25)/t14-/m0/s1. The SMILES string of the molecule is CN1C(=O)C[C@H](C(=O)NCCc2nc3ccccc3o2)c2ccccc21. The van der Waals surface area contributed by atoms with Crippen LogP contribution in [0.25, 0.3) is 11.1 Å². The van der Waals surface area contributed by atoms with Crippen molar-refractivity contribution in [3.05, 3.63) is 60.0 Å². The predicted octanol–water partition coefficient (Wildman–Crippen LogP) is 2.64. The maximum atomic E-state index is 12.6. The van der Waals surface area contributed by atoms with Crippen molar-refractivity contribution >= 4 is 28.6 Å². The van der Waals surface area contributed by atoms with Gasteiger partial charge in [-0.1, -0.05) is 30.3 Å². The molecule has 2 heterocycles. The van der Waals surface area contributed by atoms with Gasteiger partial charge in [-0.3, -0.25) is 9.59 Å². The second kappa shape index (κ2) is 6.63. The van der Waals surface area contributed by atoms with Crippen LogP contribution in [0.3, 0.4) is 0 Å². The lowest BCUT2D eigenvalue weighted by Crippen LogP contribution is -2.39. The number of oxazole rings is 1. The number of fused-ring (bicyclic) bond motifs is 2. The van der Waals surface area contributed by atoms with E-state index in [0.29, 0.717) is 18.9 Å². The number of aromatic nitrogens is 1. The van der Waals surface area contributed by atoms with Crippen LogP contribution in [-0.2, 0) is 16.0 Å². The molecule has 0 radical (unpaired) electrons. The zero-order chi connectivity index (χ0) is 18.1. The second-order valence-corrected chi connectivity index (χ2v) is 6.38. The van der Waals surface area contributed by atoms with Gasteiger partial charge in [0, 0.05) is 32.1 Å². The number of anilines is 1. The molecule has 1 aliphatic rings. The number of benzene rings is 2. The molecule has 0 bridgehead atoms. The van der Waals surface area contributed by atoms with Crippen molar-refractivity contribution in [2.24, 2.45) is 0 Å². The van der Waals surface area contributed by atoms with E-state index in [4.69, 9.17) is 4.42 Å². The van der Waals surface area contributed by atoms with Crippen LogP contribution < -0.4 is 10.2 Å². The molecule has 2 aromatic carbocycles. The van der Waals surface area contributed by atoms with Gasteiger partial charge < -0.3 is 14.6 Å². The molecule has 132 valence electrons. The summed E-state index contributed by atoms with van der Waals surface area (Å²) < 4.78 is 5.66. The number of nitrogens with zero attached hydrogens (tertiary/aromatic N) is 2. The van der Waals surface area contributed by atoms with Crippen molar-refractivity contribution in [3.8, 4) is 0 Å². The van der Waals surface area contributed by atoms with E-state index in [-0.39, 0.29) is 18.2 Å². The van der Waals surface area contributed by atoms with Crippen LogP contribution in [-0.4, -0.2) is 30.4 Å². The number of nitrogens with one attached hydrogen (secondary N) is 1. The van der Waals surface area contributed by atoms with E-state index in [1.54, 1.807) is 11.9 Å². The Morgan fingerprint density at radius 3 is 2.85 bits per heavy atom. The summed E-state index contributed by atoms with van der Waals surface area (Å²) in [5.41, 5.74) is 3.23. The minimum atomic E-state index is -0.460. The summed E-state index contributed by atoms with van der Waals surface area (Å²) in [7, 11) is 1.74. The van der Waals surface area contributed by atoms with Gasteiger partial charge in [-0.2, -0.15) is 0 Å². The third-order valence-electron chi connectivity index (χ3n) is 4.72. The van der Waals surface area contributed by atoms with Gasteiger partial charge in [0.05, 0.1) is 5.92 Å². The quantitative estimate of drug-likeness (QED) is 0.786. The lowest BCUT2D eigenvalue weighted by atomic mass is 9.89. The van der Waals surface area contributed by atoms with Crippen LogP contribution in [0.5, 0.6) is 0 Å². The molecule has 1 atom stereocenters. The van der Waals surface area contributed by atoms with Crippen molar-refractivity contribution in [2.75, 3.05) is 18.5 Å². The summed E-state index contributed by atoms with van der Waals surface area (Å²) >= 11 is 0. The van der Waals surface area contributed by atoms with E-state index in [0.717, 1.165) is 22.4 Å². The van der Waals surface area contributed by atoms with E-state index >= 15 is 0 Å². The first-order valence-electron chi connectivity index (χ1n) is 8.61. The summed E-state index contributed by atoms with van der Waals surface area (Å²) in [5, 5.41) is 2.91. The molecular formula is C20H19N3O3. The minimum absolute atomic E-state index is 0.0530. The zero-order valence-electron chi connectivity index (χ0n) is 14.4. The molecule has 1 aliphatic heterocycles.